The average Bonchev–Trinajstić information content (AvgIpc) is 2.80. The van der Waals surface area contributed by atoms with Gasteiger partial charge in [-0.05, 0) is 67.7 Å². The van der Waals surface area contributed by atoms with Crippen molar-refractivity contribution in [3.8, 4) is 5.75 Å². The Labute approximate surface area is 199 Å². The Kier molecular flexibility index (Phi) is 8.41. The van der Waals surface area contributed by atoms with E-state index in [2.05, 4.69) is 30.0 Å². The number of unbranched alkanes of at least 4 members (excludes halogenated alkanes) is 3. The molecule has 3 heterocycles. The van der Waals surface area contributed by atoms with Gasteiger partial charge in [0, 0.05) is 37.6 Å². The second-order valence-corrected chi connectivity index (χ2v) is 12.1. The standard InChI is InChI=1S/C25H39ClN2O3S/c1-2-3-4-5-15-31-22-9-10-23-20(17-22)11-14-27-19-21-8-6-13-28(24(21)18-25(23)27)32(29,30)16-7-12-26/h9-10,17,21,24-25H,2-8,11-16,18-19H2,1H3/t21-,24+,25-/m0/s1. The molecule has 1 aromatic carbocycles. The van der Waals surface area contributed by atoms with Gasteiger partial charge in [-0.1, -0.05) is 32.3 Å². The fourth-order valence-electron chi connectivity index (χ4n) is 5.90. The van der Waals surface area contributed by atoms with E-state index in [-0.39, 0.29) is 11.8 Å². The zero-order valence-electron chi connectivity index (χ0n) is 19.5. The first-order valence-corrected chi connectivity index (χ1v) is 14.7. The van der Waals surface area contributed by atoms with Crippen molar-refractivity contribution < 1.29 is 13.2 Å². The quantitative estimate of drug-likeness (QED) is 0.348. The molecule has 0 aromatic heterocycles. The normalized spacial score (nSPS) is 26.2. The molecule has 3 aliphatic heterocycles. The summed E-state index contributed by atoms with van der Waals surface area (Å²) < 4.78 is 34.0. The van der Waals surface area contributed by atoms with E-state index in [0.717, 1.165) is 57.6 Å². The molecular weight excluding hydrogens is 444 g/mol. The van der Waals surface area contributed by atoms with Crippen molar-refractivity contribution in [2.45, 2.75) is 76.8 Å². The molecule has 0 bridgehead atoms. The molecule has 1 aromatic rings. The molecule has 0 saturated carbocycles. The van der Waals surface area contributed by atoms with E-state index >= 15 is 0 Å². The third kappa shape index (κ3) is 5.45. The smallest absolute Gasteiger partial charge is 0.214 e. The molecular formula is C25H39ClN2O3S. The molecule has 7 heteroatoms. The number of hydrogen-bond acceptors (Lipinski definition) is 4. The summed E-state index contributed by atoms with van der Waals surface area (Å²) in [5.41, 5.74) is 2.75. The van der Waals surface area contributed by atoms with Crippen LogP contribution in [0.15, 0.2) is 18.2 Å². The Morgan fingerprint density at radius 1 is 1.16 bits per heavy atom. The van der Waals surface area contributed by atoms with E-state index < -0.39 is 10.0 Å². The molecule has 0 aliphatic carbocycles. The maximum atomic E-state index is 13.1. The molecule has 2 fully saturated rings. The number of fused-ring (bicyclic) bond motifs is 4. The highest BCUT2D eigenvalue weighted by molar-refractivity contribution is 7.89. The van der Waals surface area contributed by atoms with Gasteiger partial charge in [0.25, 0.3) is 0 Å². The van der Waals surface area contributed by atoms with Crippen molar-refractivity contribution in [1.82, 2.24) is 9.21 Å². The van der Waals surface area contributed by atoms with Crippen LogP contribution in [0.2, 0.25) is 0 Å². The van der Waals surface area contributed by atoms with Crippen molar-refractivity contribution in [3.05, 3.63) is 29.3 Å². The maximum Gasteiger partial charge on any atom is 0.214 e. The fraction of sp³-hybridized carbons (Fsp3) is 0.760. The number of ether oxygens (including phenoxy) is 1. The van der Waals surface area contributed by atoms with Crippen LogP contribution in [0.3, 0.4) is 0 Å². The van der Waals surface area contributed by atoms with Gasteiger partial charge >= 0.3 is 0 Å². The van der Waals surface area contributed by atoms with Crippen LogP contribution in [-0.4, -0.2) is 61.5 Å². The van der Waals surface area contributed by atoms with Crippen molar-refractivity contribution in [2.24, 2.45) is 5.92 Å². The molecule has 4 rings (SSSR count). The Bertz CT molecular complexity index is 863. The molecule has 0 unspecified atom stereocenters. The maximum absolute atomic E-state index is 13.1. The highest BCUT2D eigenvalue weighted by Crippen LogP contribution is 2.44. The number of hydrogen-bond donors (Lipinski definition) is 0. The first-order chi connectivity index (χ1) is 15.5. The van der Waals surface area contributed by atoms with Crippen molar-refractivity contribution >= 4 is 21.6 Å². The van der Waals surface area contributed by atoms with Gasteiger partial charge in [0.05, 0.1) is 12.4 Å². The number of halogens is 1. The second kappa shape index (κ2) is 11.1. The van der Waals surface area contributed by atoms with E-state index in [4.69, 9.17) is 16.3 Å². The lowest BCUT2D eigenvalue weighted by Crippen LogP contribution is -2.57. The summed E-state index contributed by atoms with van der Waals surface area (Å²) in [4.78, 5) is 2.60. The van der Waals surface area contributed by atoms with Crippen LogP contribution in [0.4, 0.5) is 0 Å². The lowest BCUT2D eigenvalue weighted by atomic mass is 9.77. The lowest BCUT2D eigenvalue weighted by Gasteiger charge is -2.51. The Hall–Kier alpha value is -0.820. The van der Waals surface area contributed by atoms with Crippen molar-refractivity contribution in [3.63, 3.8) is 0 Å². The van der Waals surface area contributed by atoms with Gasteiger partial charge in [-0.15, -0.1) is 11.6 Å². The van der Waals surface area contributed by atoms with Crippen LogP contribution in [-0.2, 0) is 16.4 Å². The average molecular weight is 483 g/mol. The zero-order valence-corrected chi connectivity index (χ0v) is 21.0. The fourth-order valence-corrected chi connectivity index (χ4v) is 8.01. The topological polar surface area (TPSA) is 49.9 Å². The van der Waals surface area contributed by atoms with Crippen LogP contribution in [0.5, 0.6) is 5.75 Å². The first kappa shape index (κ1) is 24.3. The number of rotatable bonds is 10. The van der Waals surface area contributed by atoms with E-state index in [1.807, 2.05) is 4.31 Å². The SMILES string of the molecule is CCCCCCOc1ccc2c(c1)CCN1C[C@@H]3CCCN(S(=O)(=O)CCCCl)[C@@H]3C[C@@H]21. The Morgan fingerprint density at radius 3 is 2.84 bits per heavy atom. The van der Waals surface area contributed by atoms with Gasteiger partial charge in [-0.25, -0.2) is 8.42 Å². The minimum absolute atomic E-state index is 0.116. The number of sulfonamides is 1. The van der Waals surface area contributed by atoms with E-state index in [1.165, 1.54) is 30.4 Å². The summed E-state index contributed by atoms with van der Waals surface area (Å²) >= 11 is 5.80. The third-order valence-corrected chi connectivity index (χ3v) is 9.78. The molecule has 3 aliphatic rings. The van der Waals surface area contributed by atoms with Crippen LogP contribution >= 0.6 is 11.6 Å². The van der Waals surface area contributed by atoms with Crippen molar-refractivity contribution in [1.29, 1.82) is 0 Å². The second-order valence-electron chi connectivity index (χ2n) is 9.71. The summed E-state index contributed by atoms with van der Waals surface area (Å²) in [6.07, 6.45) is 9.42. The number of piperidine rings is 2. The van der Waals surface area contributed by atoms with Gasteiger partial charge in [0.2, 0.25) is 10.0 Å². The molecule has 0 amide bonds. The summed E-state index contributed by atoms with van der Waals surface area (Å²) in [6, 6.07) is 7.01. The molecule has 3 atom stereocenters. The Balaban J connectivity index is 1.46. The number of nitrogens with zero attached hydrogens (tertiary/aromatic N) is 2. The molecule has 0 N–H and O–H groups in total. The molecule has 0 spiro atoms. The summed E-state index contributed by atoms with van der Waals surface area (Å²) in [7, 11) is -3.24. The van der Waals surface area contributed by atoms with Gasteiger partial charge in [0.1, 0.15) is 5.75 Å². The van der Waals surface area contributed by atoms with Gasteiger partial charge in [0.15, 0.2) is 0 Å². The summed E-state index contributed by atoms with van der Waals surface area (Å²) in [5, 5.41) is 0. The molecule has 32 heavy (non-hydrogen) atoms. The largest absolute Gasteiger partial charge is 0.494 e. The molecule has 5 nitrogen and oxygen atoms in total. The predicted molar refractivity (Wildman–Crippen MR) is 131 cm³/mol. The van der Waals surface area contributed by atoms with E-state index in [9.17, 15) is 8.42 Å². The minimum Gasteiger partial charge on any atom is -0.494 e. The van der Waals surface area contributed by atoms with Crippen LogP contribution in [0.25, 0.3) is 0 Å². The van der Waals surface area contributed by atoms with E-state index in [0.29, 0.717) is 30.8 Å². The van der Waals surface area contributed by atoms with Gasteiger partial charge in [-0.3, -0.25) is 4.90 Å². The summed E-state index contributed by atoms with van der Waals surface area (Å²) in [6.45, 7) is 5.73. The highest BCUT2D eigenvalue weighted by Gasteiger charge is 2.45. The summed E-state index contributed by atoms with van der Waals surface area (Å²) in [5.74, 6) is 1.99. The monoisotopic (exact) mass is 482 g/mol. The van der Waals surface area contributed by atoms with Crippen LogP contribution in [0, 0.1) is 5.92 Å². The lowest BCUT2D eigenvalue weighted by molar-refractivity contribution is 0.0219. The Morgan fingerprint density at radius 2 is 2.03 bits per heavy atom. The molecule has 0 radical (unpaired) electrons. The number of alkyl halides is 1. The van der Waals surface area contributed by atoms with Gasteiger partial charge < -0.3 is 4.74 Å². The van der Waals surface area contributed by atoms with Crippen LogP contribution in [0.1, 0.15) is 75.5 Å². The molecule has 180 valence electrons. The van der Waals surface area contributed by atoms with Gasteiger partial charge in [-0.2, -0.15) is 4.31 Å². The first-order valence-electron chi connectivity index (χ1n) is 12.6. The predicted octanol–water partition coefficient (Wildman–Crippen LogP) is 4.99. The van der Waals surface area contributed by atoms with E-state index in [1.54, 1.807) is 0 Å². The van der Waals surface area contributed by atoms with Crippen molar-refractivity contribution in [2.75, 3.05) is 37.9 Å². The molecule has 2 saturated heterocycles. The number of benzene rings is 1. The highest BCUT2D eigenvalue weighted by atomic mass is 35.5. The minimum atomic E-state index is -3.24. The van der Waals surface area contributed by atoms with Crippen LogP contribution < -0.4 is 4.74 Å². The zero-order chi connectivity index (χ0) is 22.6. The third-order valence-electron chi connectivity index (χ3n) is 7.54.